The van der Waals surface area contributed by atoms with Crippen molar-refractivity contribution >= 4 is 34.2 Å². The Morgan fingerprint density at radius 1 is 0.739 bits per heavy atom. The lowest BCUT2D eigenvalue weighted by atomic mass is 10.1. The summed E-state index contributed by atoms with van der Waals surface area (Å²) in [6.45, 7) is 0. The zero-order chi connectivity index (χ0) is 15.8. The molecule has 4 aromatic rings. The summed E-state index contributed by atoms with van der Waals surface area (Å²) in [4.78, 5) is 11.9. The number of rotatable bonds is 2. The Hall–Kier alpha value is -2.36. The number of nitrogens with one attached hydrogen (secondary N) is 1. The maximum atomic E-state index is 6.05. The molecule has 0 bridgehead atoms. The van der Waals surface area contributed by atoms with Crippen LogP contribution < -0.4 is 0 Å². The standard InChI is InChI=1S/C18H11Cl2N3/c19-14-9-16-17(10-15(14)20)23-18(22-16)13-3-1-11(2-4-13)12-5-7-21-8-6-12/h1-10H,(H,22,23). The summed E-state index contributed by atoms with van der Waals surface area (Å²) in [5.74, 6) is 0.791. The van der Waals surface area contributed by atoms with Gasteiger partial charge in [-0.1, -0.05) is 47.5 Å². The van der Waals surface area contributed by atoms with Crippen molar-refractivity contribution in [1.82, 2.24) is 15.0 Å². The molecule has 23 heavy (non-hydrogen) atoms. The van der Waals surface area contributed by atoms with Gasteiger partial charge in [-0.05, 0) is 35.4 Å². The van der Waals surface area contributed by atoms with E-state index in [1.165, 1.54) is 0 Å². The first kappa shape index (κ1) is 14.2. The quantitative estimate of drug-likeness (QED) is 0.516. The zero-order valence-corrected chi connectivity index (χ0v) is 13.4. The number of hydrogen-bond donors (Lipinski definition) is 1. The SMILES string of the molecule is Clc1cc2nc(-c3ccc(-c4ccncc4)cc3)[nH]c2cc1Cl. The Bertz CT molecular complexity index is 938. The van der Waals surface area contributed by atoms with Crippen LogP contribution in [-0.4, -0.2) is 15.0 Å². The van der Waals surface area contributed by atoms with Gasteiger partial charge < -0.3 is 4.98 Å². The molecule has 4 rings (SSSR count). The van der Waals surface area contributed by atoms with Crippen LogP contribution in [0.1, 0.15) is 0 Å². The van der Waals surface area contributed by atoms with Crippen LogP contribution in [-0.2, 0) is 0 Å². The minimum atomic E-state index is 0.505. The predicted molar refractivity (Wildman–Crippen MR) is 94.8 cm³/mol. The zero-order valence-electron chi connectivity index (χ0n) is 11.9. The normalized spacial score (nSPS) is 11.0. The van der Waals surface area contributed by atoms with Crippen LogP contribution in [0.25, 0.3) is 33.5 Å². The highest BCUT2D eigenvalue weighted by Crippen LogP contribution is 2.29. The lowest BCUT2D eigenvalue weighted by Crippen LogP contribution is -1.82. The van der Waals surface area contributed by atoms with Gasteiger partial charge in [0.15, 0.2) is 0 Å². The van der Waals surface area contributed by atoms with Crippen LogP contribution in [0.5, 0.6) is 0 Å². The van der Waals surface area contributed by atoms with Crippen molar-refractivity contribution in [1.29, 1.82) is 0 Å². The monoisotopic (exact) mass is 339 g/mol. The summed E-state index contributed by atoms with van der Waals surface area (Å²) < 4.78 is 0. The van der Waals surface area contributed by atoms with E-state index in [9.17, 15) is 0 Å². The molecule has 0 saturated carbocycles. The predicted octanol–water partition coefficient (Wildman–Crippen LogP) is 5.60. The molecule has 0 fully saturated rings. The lowest BCUT2D eigenvalue weighted by Gasteiger charge is -2.02. The number of H-pyrrole nitrogens is 1. The highest BCUT2D eigenvalue weighted by Gasteiger charge is 2.08. The fourth-order valence-corrected chi connectivity index (χ4v) is 2.83. The van der Waals surface area contributed by atoms with Gasteiger partial charge in [0.1, 0.15) is 5.82 Å². The van der Waals surface area contributed by atoms with Gasteiger partial charge in [-0.15, -0.1) is 0 Å². The summed E-state index contributed by atoms with van der Waals surface area (Å²) in [7, 11) is 0. The molecule has 2 aromatic carbocycles. The van der Waals surface area contributed by atoms with Crippen molar-refractivity contribution in [3.05, 3.63) is 71.0 Å². The van der Waals surface area contributed by atoms with E-state index in [0.29, 0.717) is 10.0 Å². The van der Waals surface area contributed by atoms with Crippen LogP contribution in [0.4, 0.5) is 0 Å². The van der Waals surface area contributed by atoms with Crippen molar-refractivity contribution in [3.63, 3.8) is 0 Å². The van der Waals surface area contributed by atoms with Gasteiger partial charge in [-0.3, -0.25) is 4.98 Å². The molecule has 112 valence electrons. The van der Waals surface area contributed by atoms with Crippen molar-refractivity contribution in [3.8, 4) is 22.5 Å². The number of halogens is 2. The molecular weight excluding hydrogens is 329 g/mol. The van der Waals surface area contributed by atoms with E-state index in [-0.39, 0.29) is 0 Å². The molecular formula is C18H11Cl2N3. The second kappa shape index (κ2) is 5.69. The summed E-state index contributed by atoms with van der Waals surface area (Å²) >= 11 is 12.1. The number of aromatic nitrogens is 3. The second-order valence-corrected chi connectivity index (χ2v) is 6.00. The lowest BCUT2D eigenvalue weighted by molar-refractivity contribution is 1.32. The molecule has 0 spiro atoms. The van der Waals surface area contributed by atoms with Crippen LogP contribution in [0.3, 0.4) is 0 Å². The molecule has 0 aliphatic carbocycles. The number of fused-ring (bicyclic) bond motifs is 1. The number of hydrogen-bond acceptors (Lipinski definition) is 2. The minimum absolute atomic E-state index is 0.505. The number of pyridine rings is 1. The van der Waals surface area contributed by atoms with E-state index >= 15 is 0 Å². The van der Waals surface area contributed by atoms with Crippen LogP contribution in [0, 0.1) is 0 Å². The average Bonchev–Trinajstić information content (AvgIpc) is 2.99. The number of nitrogens with zero attached hydrogens (tertiary/aromatic N) is 2. The Morgan fingerprint density at radius 3 is 2.09 bits per heavy atom. The van der Waals surface area contributed by atoms with E-state index in [1.807, 2.05) is 24.3 Å². The molecule has 0 saturated heterocycles. The van der Waals surface area contributed by atoms with Gasteiger partial charge in [0.05, 0.1) is 21.1 Å². The van der Waals surface area contributed by atoms with E-state index in [1.54, 1.807) is 24.5 Å². The van der Waals surface area contributed by atoms with Gasteiger partial charge in [0.2, 0.25) is 0 Å². The highest BCUT2D eigenvalue weighted by atomic mass is 35.5. The Labute approximate surface area is 142 Å². The third-order valence-corrected chi connectivity index (χ3v) is 4.42. The first-order valence-corrected chi connectivity index (χ1v) is 7.82. The summed E-state index contributed by atoms with van der Waals surface area (Å²) in [5, 5.41) is 1.02. The number of aromatic amines is 1. The van der Waals surface area contributed by atoms with E-state index in [4.69, 9.17) is 23.2 Å². The molecule has 2 heterocycles. The van der Waals surface area contributed by atoms with Gasteiger partial charge in [-0.25, -0.2) is 4.98 Å². The topological polar surface area (TPSA) is 41.6 Å². The van der Waals surface area contributed by atoms with E-state index < -0.39 is 0 Å². The molecule has 0 amide bonds. The molecule has 0 radical (unpaired) electrons. The maximum Gasteiger partial charge on any atom is 0.138 e. The fourth-order valence-electron chi connectivity index (χ4n) is 2.51. The van der Waals surface area contributed by atoms with E-state index in [0.717, 1.165) is 33.5 Å². The summed E-state index contributed by atoms with van der Waals surface area (Å²) in [6.07, 6.45) is 3.58. The second-order valence-electron chi connectivity index (χ2n) is 5.18. The van der Waals surface area contributed by atoms with Crippen molar-refractivity contribution in [2.24, 2.45) is 0 Å². The fraction of sp³-hybridized carbons (Fsp3) is 0. The average molecular weight is 340 g/mol. The van der Waals surface area contributed by atoms with Gasteiger partial charge in [0.25, 0.3) is 0 Å². The molecule has 0 aliphatic rings. The Morgan fingerprint density at radius 2 is 1.35 bits per heavy atom. The minimum Gasteiger partial charge on any atom is -0.338 e. The molecule has 2 aromatic heterocycles. The smallest absolute Gasteiger partial charge is 0.138 e. The molecule has 0 unspecified atom stereocenters. The first-order chi connectivity index (χ1) is 11.2. The summed E-state index contributed by atoms with van der Waals surface area (Å²) in [6, 6.07) is 15.7. The summed E-state index contributed by atoms with van der Waals surface area (Å²) in [5.41, 5.74) is 4.94. The Balaban J connectivity index is 1.73. The van der Waals surface area contributed by atoms with E-state index in [2.05, 4.69) is 27.1 Å². The first-order valence-electron chi connectivity index (χ1n) is 7.06. The van der Waals surface area contributed by atoms with Gasteiger partial charge >= 0.3 is 0 Å². The highest BCUT2D eigenvalue weighted by molar-refractivity contribution is 6.42. The van der Waals surface area contributed by atoms with Crippen molar-refractivity contribution in [2.45, 2.75) is 0 Å². The molecule has 1 N–H and O–H groups in total. The van der Waals surface area contributed by atoms with Crippen molar-refractivity contribution < 1.29 is 0 Å². The van der Waals surface area contributed by atoms with Crippen LogP contribution in [0.2, 0.25) is 10.0 Å². The molecule has 0 aliphatic heterocycles. The maximum absolute atomic E-state index is 6.05. The molecule has 3 nitrogen and oxygen atoms in total. The third-order valence-electron chi connectivity index (χ3n) is 3.70. The molecule has 5 heteroatoms. The van der Waals surface area contributed by atoms with Gasteiger partial charge in [-0.2, -0.15) is 0 Å². The number of benzene rings is 2. The van der Waals surface area contributed by atoms with Gasteiger partial charge in [0, 0.05) is 18.0 Å². The molecule has 0 atom stereocenters. The Kier molecular flexibility index (Phi) is 3.52. The third kappa shape index (κ3) is 2.69. The van der Waals surface area contributed by atoms with Crippen molar-refractivity contribution in [2.75, 3.05) is 0 Å². The largest absolute Gasteiger partial charge is 0.338 e. The van der Waals surface area contributed by atoms with Crippen LogP contribution in [0.15, 0.2) is 60.9 Å². The number of imidazole rings is 1. The van der Waals surface area contributed by atoms with Crippen LogP contribution >= 0.6 is 23.2 Å².